The summed E-state index contributed by atoms with van der Waals surface area (Å²) in [7, 11) is -7.76. The third kappa shape index (κ3) is 2.84. The van der Waals surface area contributed by atoms with E-state index in [-0.39, 0.29) is 10.6 Å². The SMILES string of the molecule is O=S1(=O)C=Cc2ccc(NS(=O)(=O)c3ccc(F)c(F)c3)cc21. The number of halogens is 2. The van der Waals surface area contributed by atoms with Gasteiger partial charge in [0.15, 0.2) is 11.6 Å². The molecule has 0 spiro atoms. The molecule has 120 valence electrons. The summed E-state index contributed by atoms with van der Waals surface area (Å²) in [6.45, 7) is 0. The molecule has 0 fully saturated rings. The molecule has 0 radical (unpaired) electrons. The van der Waals surface area contributed by atoms with Crippen LogP contribution in [0, 0.1) is 11.6 Å². The van der Waals surface area contributed by atoms with E-state index < -0.39 is 36.4 Å². The molecule has 0 unspecified atom stereocenters. The van der Waals surface area contributed by atoms with Gasteiger partial charge >= 0.3 is 0 Å². The third-order valence-electron chi connectivity index (χ3n) is 3.20. The van der Waals surface area contributed by atoms with E-state index >= 15 is 0 Å². The molecule has 0 aliphatic carbocycles. The second-order valence-corrected chi connectivity index (χ2v) is 8.27. The normalized spacial score (nSPS) is 15.4. The van der Waals surface area contributed by atoms with Crippen molar-refractivity contribution in [2.45, 2.75) is 9.79 Å². The molecule has 3 rings (SSSR count). The highest BCUT2D eigenvalue weighted by Gasteiger charge is 2.22. The van der Waals surface area contributed by atoms with Crippen LogP contribution in [0.3, 0.4) is 0 Å². The smallest absolute Gasteiger partial charge is 0.261 e. The summed E-state index contributed by atoms with van der Waals surface area (Å²) in [5.74, 6) is -2.47. The Morgan fingerprint density at radius 2 is 1.70 bits per heavy atom. The first-order chi connectivity index (χ1) is 10.7. The van der Waals surface area contributed by atoms with Crippen LogP contribution < -0.4 is 4.72 Å². The summed E-state index contributed by atoms with van der Waals surface area (Å²) < 4.78 is 76.1. The van der Waals surface area contributed by atoms with Gasteiger partial charge in [-0.3, -0.25) is 4.72 Å². The summed E-state index contributed by atoms with van der Waals surface area (Å²) in [6, 6.07) is 6.14. The van der Waals surface area contributed by atoms with Crippen LogP contribution in [-0.4, -0.2) is 16.8 Å². The summed E-state index contributed by atoms with van der Waals surface area (Å²) in [5.41, 5.74) is 0.446. The van der Waals surface area contributed by atoms with Crippen LogP contribution in [0.5, 0.6) is 0 Å². The standard InChI is InChI=1S/C14H9F2NO4S2/c15-12-4-3-11(8-13(12)16)23(20,21)17-10-2-1-9-5-6-22(18,19)14(9)7-10/h1-8,17H. The van der Waals surface area contributed by atoms with E-state index in [1.54, 1.807) is 0 Å². The van der Waals surface area contributed by atoms with Gasteiger partial charge in [-0.2, -0.15) is 0 Å². The van der Waals surface area contributed by atoms with Crippen molar-refractivity contribution in [3.05, 3.63) is 59.0 Å². The number of sulfone groups is 1. The van der Waals surface area contributed by atoms with Crippen LogP contribution in [0.4, 0.5) is 14.5 Å². The van der Waals surface area contributed by atoms with Crippen molar-refractivity contribution in [3.63, 3.8) is 0 Å². The molecule has 1 N–H and O–H groups in total. The molecule has 1 aliphatic heterocycles. The van der Waals surface area contributed by atoms with E-state index in [4.69, 9.17) is 0 Å². The molecule has 0 atom stereocenters. The molecule has 1 heterocycles. The second-order valence-electron chi connectivity index (χ2n) is 4.78. The molecule has 0 amide bonds. The Morgan fingerprint density at radius 3 is 2.39 bits per heavy atom. The maximum atomic E-state index is 13.2. The highest BCUT2D eigenvalue weighted by molar-refractivity contribution is 7.95. The summed E-state index contributed by atoms with van der Waals surface area (Å²) in [5, 5.41) is 1.02. The number of fused-ring (bicyclic) bond motifs is 1. The molecule has 0 bridgehead atoms. The minimum Gasteiger partial charge on any atom is -0.280 e. The zero-order valence-corrected chi connectivity index (χ0v) is 13.0. The van der Waals surface area contributed by atoms with E-state index in [1.165, 1.54) is 24.3 Å². The average Bonchev–Trinajstić information content (AvgIpc) is 2.77. The zero-order chi connectivity index (χ0) is 16.8. The van der Waals surface area contributed by atoms with Crippen molar-refractivity contribution >= 4 is 31.6 Å². The zero-order valence-electron chi connectivity index (χ0n) is 11.3. The highest BCUT2D eigenvalue weighted by atomic mass is 32.2. The molecule has 1 aliphatic rings. The predicted molar refractivity (Wildman–Crippen MR) is 79.8 cm³/mol. The highest BCUT2D eigenvalue weighted by Crippen LogP contribution is 2.30. The summed E-state index contributed by atoms with van der Waals surface area (Å²) in [6.07, 6.45) is 1.40. The molecule has 0 saturated carbocycles. The molecular formula is C14H9F2NO4S2. The number of anilines is 1. The van der Waals surface area contributed by atoms with Crippen LogP contribution in [0.25, 0.3) is 6.08 Å². The van der Waals surface area contributed by atoms with Crippen molar-refractivity contribution in [2.75, 3.05) is 4.72 Å². The fourth-order valence-electron chi connectivity index (χ4n) is 2.08. The molecule has 2 aromatic carbocycles. The summed E-state index contributed by atoms with van der Waals surface area (Å²) in [4.78, 5) is -0.499. The van der Waals surface area contributed by atoms with Crippen LogP contribution in [0.1, 0.15) is 5.56 Å². The Kier molecular flexibility index (Phi) is 3.49. The lowest BCUT2D eigenvalue weighted by atomic mass is 10.2. The minimum absolute atomic E-state index is 0.000702. The Bertz CT molecular complexity index is 1040. The first kappa shape index (κ1) is 15.6. The van der Waals surface area contributed by atoms with E-state index in [0.29, 0.717) is 17.7 Å². The lowest BCUT2D eigenvalue weighted by Gasteiger charge is -2.09. The third-order valence-corrected chi connectivity index (χ3v) is 6.04. The van der Waals surface area contributed by atoms with Gasteiger partial charge in [0.1, 0.15) is 0 Å². The van der Waals surface area contributed by atoms with Crippen molar-refractivity contribution in [2.24, 2.45) is 0 Å². The number of rotatable bonds is 3. The average molecular weight is 357 g/mol. The molecular weight excluding hydrogens is 348 g/mol. The van der Waals surface area contributed by atoms with Crippen LogP contribution >= 0.6 is 0 Å². The Balaban J connectivity index is 1.98. The van der Waals surface area contributed by atoms with Gasteiger partial charge in [0.25, 0.3) is 10.0 Å². The fourth-order valence-corrected chi connectivity index (χ4v) is 4.37. The Morgan fingerprint density at radius 1 is 0.957 bits per heavy atom. The molecule has 2 aromatic rings. The fraction of sp³-hybridized carbons (Fsp3) is 0. The molecule has 5 nitrogen and oxygen atoms in total. The number of sulfonamides is 1. The Hall–Kier alpha value is -2.26. The van der Waals surface area contributed by atoms with E-state index in [1.807, 2.05) is 0 Å². The van der Waals surface area contributed by atoms with Crippen molar-refractivity contribution in [1.82, 2.24) is 0 Å². The van der Waals surface area contributed by atoms with Crippen LogP contribution in [0.15, 0.2) is 51.6 Å². The van der Waals surface area contributed by atoms with Gasteiger partial charge < -0.3 is 0 Å². The number of nitrogens with one attached hydrogen (secondary N) is 1. The minimum atomic E-state index is -4.18. The molecule has 0 aromatic heterocycles. The van der Waals surface area contributed by atoms with E-state index in [2.05, 4.69) is 4.72 Å². The first-order valence-electron chi connectivity index (χ1n) is 6.24. The van der Waals surface area contributed by atoms with Gasteiger partial charge in [-0.1, -0.05) is 6.07 Å². The lowest BCUT2D eigenvalue weighted by molar-refractivity contribution is 0.504. The van der Waals surface area contributed by atoms with Gasteiger partial charge in [0, 0.05) is 5.41 Å². The van der Waals surface area contributed by atoms with Crippen molar-refractivity contribution < 1.29 is 25.6 Å². The lowest BCUT2D eigenvalue weighted by Crippen LogP contribution is -2.13. The van der Waals surface area contributed by atoms with Crippen LogP contribution in [-0.2, 0) is 19.9 Å². The molecule has 23 heavy (non-hydrogen) atoms. The van der Waals surface area contributed by atoms with Crippen LogP contribution in [0.2, 0.25) is 0 Å². The van der Waals surface area contributed by atoms with Gasteiger partial charge in [-0.25, -0.2) is 25.6 Å². The Labute approximate surface area is 131 Å². The largest absolute Gasteiger partial charge is 0.280 e. The van der Waals surface area contributed by atoms with E-state index in [0.717, 1.165) is 11.5 Å². The quantitative estimate of drug-likeness (QED) is 0.915. The number of hydrogen-bond acceptors (Lipinski definition) is 4. The van der Waals surface area contributed by atoms with Gasteiger partial charge in [-0.05, 0) is 42.0 Å². The maximum Gasteiger partial charge on any atom is 0.261 e. The first-order valence-corrected chi connectivity index (χ1v) is 9.27. The topological polar surface area (TPSA) is 80.3 Å². The van der Waals surface area contributed by atoms with Crippen molar-refractivity contribution in [3.8, 4) is 0 Å². The number of hydrogen-bond donors (Lipinski definition) is 1. The monoisotopic (exact) mass is 357 g/mol. The maximum absolute atomic E-state index is 13.2. The number of benzene rings is 2. The van der Waals surface area contributed by atoms with Gasteiger partial charge in [-0.15, -0.1) is 0 Å². The van der Waals surface area contributed by atoms with E-state index in [9.17, 15) is 25.6 Å². The van der Waals surface area contributed by atoms with Gasteiger partial charge in [0.2, 0.25) is 9.84 Å². The second kappa shape index (κ2) is 5.14. The van der Waals surface area contributed by atoms with Gasteiger partial charge in [0.05, 0.1) is 15.5 Å². The van der Waals surface area contributed by atoms with Crippen molar-refractivity contribution in [1.29, 1.82) is 0 Å². The molecule has 0 saturated heterocycles. The molecule has 9 heteroatoms. The predicted octanol–water partition coefficient (Wildman–Crippen LogP) is 2.52. The summed E-state index contributed by atoms with van der Waals surface area (Å²) >= 11 is 0.